The van der Waals surface area contributed by atoms with E-state index < -0.39 is 6.61 Å². The van der Waals surface area contributed by atoms with Crippen LogP contribution in [0, 0.1) is 0 Å². The van der Waals surface area contributed by atoms with E-state index in [9.17, 15) is 4.79 Å². The Morgan fingerprint density at radius 1 is 1.28 bits per heavy atom. The van der Waals surface area contributed by atoms with Crippen LogP contribution in [0.25, 0.3) is 0 Å². The van der Waals surface area contributed by atoms with E-state index in [-0.39, 0.29) is 11.9 Å². The average Bonchev–Trinajstić information content (AvgIpc) is 2.42. The first-order valence-electron chi connectivity index (χ1n) is 6.44. The number of benzene rings is 1. The van der Waals surface area contributed by atoms with Crippen LogP contribution in [0.3, 0.4) is 0 Å². The Balaban J connectivity index is 1.75. The fourth-order valence-corrected chi connectivity index (χ4v) is 2.35. The molecule has 18 heavy (non-hydrogen) atoms. The molecule has 1 heterocycles. The summed E-state index contributed by atoms with van der Waals surface area (Å²) in [6, 6.07) is 10.6. The van der Waals surface area contributed by atoms with Crippen molar-refractivity contribution < 1.29 is 9.90 Å². The van der Waals surface area contributed by atoms with Crippen molar-refractivity contribution in [3.05, 3.63) is 35.9 Å². The minimum atomic E-state index is -0.412. The van der Waals surface area contributed by atoms with E-state index in [2.05, 4.69) is 34.5 Å². The Morgan fingerprint density at radius 2 is 1.94 bits per heavy atom. The Hall–Kier alpha value is -1.39. The summed E-state index contributed by atoms with van der Waals surface area (Å²) < 4.78 is 0. The van der Waals surface area contributed by atoms with Crippen LogP contribution in [0.2, 0.25) is 0 Å². The zero-order valence-corrected chi connectivity index (χ0v) is 10.5. The molecule has 0 spiro atoms. The molecule has 1 aliphatic heterocycles. The maximum atomic E-state index is 11.1. The van der Waals surface area contributed by atoms with E-state index in [1.165, 1.54) is 5.56 Å². The number of amides is 1. The van der Waals surface area contributed by atoms with Crippen molar-refractivity contribution in [3.8, 4) is 0 Å². The van der Waals surface area contributed by atoms with Gasteiger partial charge in [-0.3, -0.25) is 9.69 Å². The van der Waals surface area contributed by atoms with Gasteiger partial charge in [-0.15, -0.1) is 0 Å². The topological polar surface area (TPSA) is 52.6 Å². The lowest BCUT2D eigenvalue weighted by atomic mass is 10.0. The van der Waals surface area contributed by atoms with Gasteiger partial charge in [-0.05, 0) is 18.4 Å². The third-order valence-electron chi connectivity index (χ3n) is 3.35. The molecule has 0 aliphatic carbocycles. The predicted octanol–water partition coefficient (Wildman–Crippen LogP) is 0.759. The van der Waals surface area contributed by atoms with Crippen molar-refractivity contribution in [2.75, 3.05) is 19.7 Å². The SMILES string of the molecule is O=C(CO)NC1CCN(Cc2ccccc2)CC1. The molecular formula is C14H20N2O2. The van der Waals surface area contributed by atoms with Gasteiger partial charge < -0.3 is 10.4 Å². The lowest BCUT2D eigenvalue weighted by Gasteiger charge is -2.32. The summed E-state index contributed by atoms with van der Waals surface area (Å²) in [5.74, 6) is -0.267. The van der Waals surface area contributed by atoms with Crippen LogP contribution in [-0.2, 0) is 11.3 Å². The van der Waals surface area contributed by atoms with Crippen LogP contribution in [0.5, 0.6) is 0 Å². The molecule has 4 heteroatoms. The van der Waals surface area contributed by atoms with E-state index >= 15 is 0 Å². The second kappa shape index (κ2) is 6.52. The third kappa shape index (κ3) is 3.82. The average molecular weight is 248 g/mol. The maximum Gasteiger partial charge on any atom is 0.245 e. The van der Waals surface area contributed by atoms with Gasteiger partial charge in [0.05, 0.1) is 0 Å². The number of hydrogen-bond acceptors (Lipinski definition) is 3. The highest BCUT2D eigenvalue weighted by Crippen LogP contribution is 2.13. The first-order valence-corrected chi connectivity index (χ1v) is 6.44. The van der Waals surface area contributed by atoms with Gasteiger partial charge in [0.1, 0.15) is 6.61 Å². The first kappa shape index (κ1) is 13.1. The summed E-state index contributed by atoms with van der Waals surface area (Å²) in [6.07, 6.45) is 1.91. The molecule has 1 fully saturated rings. The van der Waals surface area contributed by atoms with E-state index in [4.69, 9.17) is 5.11 Å². The third-order valence-corrected chi connectivity index (χ3v) is 3.35. The number of aliphatic hydroxyl groups excluding tert-OH is 1. The van der Waals surface area contributed by atoms with E-state index in [0.717, 1.165) is 32.5 Å². The van der Waals surface area contributed by atoms with Crippen LogP contribution < -0.4 is 5.32 Å². The highest BCUT2D eigenvalue weighted by atomic mass is 16.3. The molecule has 1 aromatic rings. The number of carbonyl (C=O) groups is 1. The standard InChI is InChI=1S/C14H20N2O2/c17-11-14(18)15-13-6-8-16(9-7-13)10-12-4-2-1-3-5-12/h1-5,13,17H,6-11H2,(H,15,18). The minimum Gasteiger partial charge on any atom is -0.387 e. The van der Waals surface area contributed by atoms with Gasteiger partial charge in [0.2, 0.25) is 5.91 Å². The number of nitrogens with zero attached hydrogens (tertiary/aromatic N) is 1. The fourth-order valence-electron chi connectivity index (χ4n) is 2.35. The zero-order valence-electron chi connectivity index (χ0n) is 10.5. The molecule has 0 radical (unpaired) electrons. The summed E-state index contributed by atoms with van der Waals surface area (Å²) in [6.45, 7) is 2.54. The number of piperidine rings is 1. The smallest absolute Gasteiger partial charge is 0.245 e. The number of carbonyl (C=O) groups excluding carboxylic acids is 1. The monoisotopic (exact) mass is 248 g/mol. The van der Waals surface area contributed by atoms with Crippen molar-refractivity contribution in [2.24, 2.45) is 0 Å². The molecule has 1 aromatic carbocycles. The lowest BCUT2D eigenvalue weighted by molar-refractivity contribution is -0.124. The van der Waals surface area contributed by atoms with Gasteiger partial charge in [0.25, 0.3) is 0 Å². The van der Waals surface area contributed by atoms with Crippen molar-refractivity contribution in [2.45, 2.75) is 25.4 Å². The molecule has 1 saturated heterocycles. The molecule has 0 atom stereocenters. The number of rotatable bonds is 4. The Kier molecular flexibility index (Phi) is 4.73. The van der Waals surface area contributed by atoms with Crippen LogP contribution in [0.15, 0.2) is 30.3 Å². The Labute approximate surface area is 108 Å². The largest absolute Gasteiger partial charge is 0.387 e. The second-order valence-electron chi connectivity index (χ2n) is 4.76. The number of likely N-dealkylation sites (tertiary alicyclic amines) is 1. The number of hydrogen-bond donors (Lipinski definition) is 2. The molecule has 1 aliphatic rings. The summed E-state index contributed by atoms with van der Waals surface area (Å²) in [7, 11) is 0. The van der Waals surface area contributed by atoms with Gasteiger partial charge in [-0.25, -0.2) is 0 Å². The number of nitrogens with one attached hydrogen (secondary N) is 1. The molecule has 0 bridgehead atoms. The predicted molar refractivity (Wildman–Crippen MR) is 70.0 cm³/mol. The van der Waals surface area contributed by atoms with Crippen molar-refractivity contribution in [1.29, 1.82) is 0 Å². The van der Waals surface area contributed by atoms with E-state index in [1.54, 1.807) is 0 Å². The number of aliphatic hydroxyl groups is 1. The lowest BCUT2D eigenvalue weighted by Crippen LogP contribution is -2.45. The summed E-state index contributed by atoms with van der Waals surface area (Å²) in [4.78, 5) is 13.5. The van der Waals surface area contributed by atoms with Gasteiger partial charge >= 0.3 is 0 Å². The highest BCUT2D eigenvalue weighted by Gasteiger charge is 2.20. The molecular weight excluding hydrogens is 228 g/mol. The summed E-state index contributed by atoms with van der Waals surface area (Å²) in [5.41, 5.74) is 1.33. The van der Waals surface area contributed by atoms with Crippen LogP contribution >= 0.6 is 0 Å². The highest BCUT2D eigenvalue weighted by molar-refractivity contribution is 5.77. The summed E-state index contributed by atoms with van der Waals surface area (Å²) >= 11 is 0. The van der Waals surface area contributed by atoms with Gasteiger partial charge in [-0.1, -0.05) is 30.3 Å². The van der Waals surface area contributed by atoms with E-state index in [0.29, 0.717) is 0 Å². The molecule has 98 valence electrons. The van der Waals surface area contributed by atoms with E-state index in [1.807, 2.05) is 6.07 Å². The zero-order chi connectivity index (χ0) is 12.8. The van der Waals surface area contributed by atoms with Crippen LogP contribution in [0.4, 0.5) is 0 Å². The normalized spacial score (nSPS) is 17.6. The first-order chi connectivity index (χ1) is 8.78. The molecule has 0 aromatic heterocycles. The molecule has 0 unspecified atom stereocenters. The maximum absolute atomic E-state index is 11.1. The molecule has 1 amide bonds. The second-order valence-corrected chi connectivity index (χ2v) is 4.76. The molecule has 2 N–H and O–H groups in total. The van der Waals surface area contributed by atoms with Crippen molar-refractivity contribution in [3.63, 3.8) is 0 Å². The van der Waals surface area contributed by atoms with Crippen molar-refractivity contribution in [1.82, 2.24) is 10.2 Å². The summed E-state index contributed by atoms with van der Waals surface area (Å²) in [5, 5.41) is 11.5. The Bertz CT molecular complexity index is 373. The van der Waals surface area contributed by atoms with Crippen LogP contribution in [-0.4, -0.2) is 41.7 Å². The van der Waals surface area contributed by atoms with Gasteiger partial charge in [0.15, 0.2) is 0 Å². The van der Waals surface area contributed by atoms with Gasteiger partial charge in [-0.2, -0.15) is 0 Å². The van der Waals surface area contributed by atoms with Crippen molar-refractivity contribution >= 4 is 5.91 Å². The fraction of sp³-hybridized carbons (Fsp3) is 0.500. The minimum absolute atomic E-state index is 0.219. The quantitative estimate of drug-likeness (QED) is 0.827. The van der Waals surface area contributed by atoms with Gasteiger partial charge in [0, 0.05) is 25.7 Å². The molecule has 2 rings (SSSR count). The molecule has 4 nitrogen and oxygen atoms in total. The van der Waals surface area contributed by atoms with Crippen LogP contribution in [0.1, 0.15) is 18.4 Å². The molecule has 0 saturated carbocycles. The Morgan fingerprint density at radius 3 is 2.56 bits per heavy atom.